The molecule has 3 N–H and O–H groups in total. The molecule has 0 spiro atoms. The molecule has 0 aliphatic carbocycles. The first-order valence-corrected chi connectivity index (χ1v) is 10.8. The number of hydrogen-bond acceptors (Lipinski definition) is 4. The Morgan fingerprint density at radius 1 is 1.19 bits per heavy atom. The lowest BCUT2D eigenvalue weighted by Crippen LogP contribution is -2.23. The molecule has 7 heteroatoms. The quantitative estimate of drug-likeness (QED) is 0.718. The Kier molecular flexibility index (Phi) is 4.44. The summed E-state index contributed by atoms with van der Waals surface area (Å²) in [5.41, 5.74) is 4.03. The summed E-state index contributed by atoms with van der Waals surface area (Å²) < 4.78 is 23.2. The molecule has 1 atom stereocenters. The van der Waals surface area contributed by atoms with Crippen molar-refractivity contribution in [1.29, 1.82) is 0 Å². The maximum atomic E-state index is 11.6. The molecule has 2 aromatic carbocycles. The van der Waals surface area contributed by atoms with Crippen molar-refractivity contribution in [2.45, 2.75) is 43.5 Å². The maximum absolute atomic E-state index is 11.6. The van der Waals surface area contributed by atoms with Crippen molar-refractivity contribution in [2.75, 3.05) is 11.4 Å². The highest BCUT2D eigenvalue weighted by molar-refractivity contribution is 7.89. The monoisotopic (exact) mass is 384 g/mol. The second-order valence-electron chi connectivity index (χ2n) is 7.46. The summed E-state index contributed by atoms with van der Waals surface area (Å²) in [6, 6.07) is 13.8. The molecule has 1 aliphatic heterocycles. The number of aromatic amines is 1. The van der Waals surface area contributed by atoms with E-state index in [1.807, 2.05) is 0 Å². The molecule has 0 radical (unpaired) electrons. The Balaban J connectivity index is 1.67. The average molecular weight is 385 g/mol. The minimum atomic E-state index is -3.73. The first kappa shape index (κ1) is 18.0. The van der Waals surface area contributed by atoms with E-state index >= 15 is 0 Å². The number of nitrogens with one attached hydrogen (secondary N) is 1. The normalized spacial score (nSPS) is 17.9. The van der Waals surface area contributed by atoms with Gasteiger partial charge in [0.1, 0.15) is 0 Å². The predicted molar refractivity (Wildman–Crippen MR) is 107 cm³/mol. The van der Waals surface area contributed by atoms with Crippen LogP contribution in [0.3, 0.4) is 0 Å². The number of rotatable bonds is 4. The van der Waals surface area contributed by atoms with Gasteiger partial charge in [-0.25, -0.2) is 18.5 Å². The molecule has 1 aliphatic rings. The van der Waals surface area contributed by atoms with Crippen LogP contribution in [0.2, 0.25) is 0 Å². The van der Waals surface area contributed by atoms with E-state index in [2.05, 4.69) is 53.0 Å². The highest BCUT2D eigenvalue weighted by Crippen LogP contribution is 2.36. The van der Waals surface area contributed by atoms with E-state index in [4.69, 9.17) is 5.14 Å². The Morgan fingerprint density at radius 3 is 2.59 bits per heavy atom. The fourth-order valence-corrected chi connectivity index (χ4v) is 4.30. The number of benzene rings is 2. The van der Waals surface area contributed by atoms with Gasteiger partial charge < -0.3 is 9.88 Å². The molecule has 4 rings (SSSR count). The van der Waals surface area contributed by atoms with Gasteiger partial charge in [-0.2, -0.15) is 0 Å². The van der Waals surface area contributed by atoms with Gasteiger partial charge >= 0.3 is 0 Å². The van der Waals surface area contributed by atoms with Gasteiger partial charge in [0, 0.05) is 6.54 Å². The molecule has 27 heavy (non-hydrogen) atoms. The largest absolute Gasteiger partial charge is 0.335 e. The van der Waals surface area contributed by atoms with Crippen molar-refractivity contribution in [3.8, 4) is 0 Å². The summed E-state index contributed by atoms with van der Waals surface area (Å²) in [5.74, 6) is 1.29. The van der Waals surface area contributed by atoms with Gasteiger partial charge in [0.2, 0.25) is 16.0 Å². The van der Waals surface area contributed by atoms with Crippen LogP contribution < -0.4 is 10.0 Å². The minimum Gasteiger partial charge on any atom is -0.335 e. The molecule has 6 nitrogen and oxygen atoms in total. The van der Waals surface area contributed by atoms with Gasteiger partial charge in [-0.1, -0.05) is 38.1 Å². The third-order valence-electron chi connectivity index (χ3n) is 5.28. The van der Waals surface area contributed by atoms with Crippen LogP contribution in [0.15, 0.2) is 47.4 Å². The highest BCUT2D eigenvalue weighted by Gasteiger charge is 2.28. The van der Waals surface area contributed by atoms with Crippen LogP contribution in [0.4, 0.5) is 5.95 Å². The van der Waals surface area contributed by atoms with Crippen LogP contribution >= 0.6 is 0 Å². The lowest BCUT2D eigenvalue weighted by atomic mass is 9.98. The van der Waals surface area contributed by atoms with Crippen molar-refractivity contribution in [3.63, 3.8) is 0 Å². The second kappa shape index (κ2) is 6.65. The smallest absolute Gasteiger partial charge is 0.238 e. The van der Waals surface area contributed by atoms with Crippen molar-refractivity contribution in [3.05, 3.63) is 53.6 Å². The number of primary sulfonamides is 1. The molecule has 0 bridgehead atoms. The average Bonchev–Trinajstić information content (AvgIpc) is 3.26. The van der Waals surface area contributed by atoms with E-state index in [1.165, 1.54) is 17.2 Å². The summed E-state index contributed by atoms with van der Waals surface area (Å²) in [7, 11) is -3.73. The molecule has 1 fully saturated rings. The summed E-state index contributed by atoms with van der Waals surface area (Å²) >= 11 is 0. The third-order valence-corrected chi connectivity index (χ3v) is 6.19. The van der Waals surface area contributed by atoms with Gasteiger partial charge in [0.25, 0.3) is 0 Å². The molecule has 1 saturated heterocycles. The summed E-state index contributed by atoms with van der Waals surface area (Å²) in [4.78, 5) is 10.3. The Morgan fingerprint density at radius 2 is 1.93 bits per heavy atom. The highest BCUT2D eigenvalue weighted by atomic mass is 32.2. The zero-order valence-electron chi connectivity index (χ0n) is 15.5. The topological polar surface area (TPSA) is 92.1 Å². The standard InChI is InChI=1S/C20H24N4O2S/c1-13(2)14-5-7-15(8-6-14)19-4-3-11-24(19)20-22-17-10-9-16(27(21,25)26)12-18(17)23-20/h5-10,12-13,19H,3-4,11H2,1-2H3,(H,22,23)(H2,21,25,26). The molecule has 0 saturated carbocycles. The first-order chi connectivity index (χ1) is 12.8. The zero-order chi connectivity index (χ0) is 19.2. The van der Waals surface area contributed by atoms with E-state index in [1.54, 1.807) is 12.1 Å². The number of anilines is 1. The fourth-order valence-electron chi connectivity index (χ4n) is 3.76. The lowest BCUT2D eigenvalue weighted by Gasteiger charge is -2.24. The number of imidazole rings is 1. The number of nitrogens with two attached hydrogens (primary N) is 1. The van der Waals surface area contributed by atoms with Crippen molar-refractivity contribution < 1.29 is 8.42 Å². The number of H-pyrrole nitrogens is 1. The van der Waals surface area contributed by atoms with Crippen LogP contribution in [-0.2, 0) is 10.0 Å². The van der Waals surface area contributed by atoms with Crippen LogP contribution in [0.25, 0.3) is 11.0 Å². The van der Waals surface area contributed by atoms with Crippen molar-refractivity contribution >= 4 is 27.0 Å². The van der Waals surface area contributed by atoms with Gasteiger partial charge in [0.05, 0.1) is 22.0 Å². The number of nitrogens with zero attached hydrogens (tertiary/aromatic N) is 2. The SMILES string of the molecule is CC(C)c1ccc(C2CCCN2c2nc3ccc(S(N)(=O)=O)cc3[nH]2)cc1. The fraction of sp³-hybridized carbons (Fsp3) is 0.350. The van der Waals surface area contributed by atoms with E-state index < -0.39 is 10.0 Å². The molecule has 0 amide bonds. The molecule has 2 heterocycles. The van der Waals surface area contributed by atoms with E-state index in [9.17, 15) is 8.42 Å². The number of fused-ring (bicyclic) bond motifs is 1. The molecular weight excluding hydrogens is 360 g/mol. The Hall–Kier alpha value is -2.38. The van der Waals surface area contributed by atoms with Crippen LogP contribution in [0.5, 0.6) is 0 Å². The van der Waals surface area contributed by atoms with Gasteiger partial charge in [-0.05, 0) is 48.1 Å². The van der Waals surface area contributed by atoms with Crippen molar-refractivity contribution in [1.82, 2.24) is 9.97 Å². The summed E-state index contributed by atoms with van der Waals surface area (Å²) in [6.45, 7) is 5.31. The summed E-state index contributed by atoms with van der Waals surface area (Å²) in [6.07, 6.45) is 2.16. The lowest BCUT2D eigenvalue weighted by molar-refractivity contribution is 0.598. The first-order valence-electron chi connectivity index (χ1n) is 9.22. The van der Waals surface area contributed by atoms with Gasteiger partial charge in [0.15, 0.2) is 0 Å². The van der Waals surface area contributed by atoms with Crippen LogP contribution in [0.1, 0.15) is 49.8 Å². The van der Waals surface area contributed by atoms with Gasteiger partial charge in [-0.3, -0.25) is 0 Å². The van der Waals surface area contributed by atoms with E-state index in [0.29, 0.717) is 11.4 Å². The van der Waals surface area contributed by atoms with Crippen molar-refractivity contribution in [2.24, 2.45) is 5.14 Å². The molecule has 3 aromatic rings. The molecule has 1 aromatic heterocycles. The molecule has 142 valence electrons. The Bertz CT molecular complexity index is 1070. The predicted octanol–water partition coefficient (Wildman–Crippen LogP) is 3.68. The van der Waals surface area contributed by atoms with E-state index in [-0.39, 0.29) is 10.9 Å². The Labute approximate surface area is 159 Å². The second-order valence-corrected chi connectivity index (χ2v) is 9.02. The van der Waals surface area contributed by atoms with Crippen LogP contribution in [-0.4, -0.2) is 24.9 Å². The third kappa shape index (κ3) is 3.44. The maximum Gasteiger partial charge on any atom is 0.238 e. The minimum absolute atomic E-state index is 0.0902. The summed E-state index contributed by atoms with van der Waals surface area (Å²) in [5, 5.41) is 5.24. The molecular formula is C20H24N4O2S. The zero-order valence-corrected chi connectivity index (χ0v) is 16.3. The molecule has 1 unspecified atom stereocenters. The number of sulfonamides is 1. The van der Waals surface area contributed by atoms with Gasteiger partial charge in [-0.15, -0.1) is 0 Å². The van der Waals surface area contributed by atoms with E-state index in [0.717, 1.165) is 30.9 Å². The number of hydrogen-bond donors (Lipinski definition) is 2. The van der Waals surface area contributed by atoms with Crippen LogP contribution in [0, 0.1) is 0 Å². The number of aromatic nitrogens is 2.